The van der Waals surface area contributed by atoms with Gasteiger partial charge in [-0.15, -0.1) is 11.3 Å². The first-order chi connectivity index (χ1) is 9.51. The molecule has 1 aromatic heterocycles. The van der Waals surface area contributed by atoms with Crippen molar-refractivity contribution in [3.8, 4) is 0 Å². The second-order valence-corrected chi connectivity index (χ2v) is 7.18. The Labute approximate surface area is 122 Å². The van der Waals surface area contributed by atoms with E-state index < -0.39 is 10.0 Å². The molecule has 2 aromatic rings. The van der Waals surface area contributed by atoms with Crippen LogP contribution >= 0.6 is 11.3 Å². The van der Waals surface area contributed by atoms with Gasteiger partial charge in [0, 0.05) is 24.9 Å². The molecule has 20 heavy (non-hydrogen) atoms. The molecule has 5 nitrogen and oxygen atoms in total. The van der Waals surface area contributed by atoms with Gasteiger partial charge in [0.2, 0.25) is 10.0 Å². The van der Waals surface area contributed by atoms with Crippen molar-refractivity contribution in [1.29, 1.82) is 0 Å². The van der Waals surface area contributed by atoms with E-state index in [0.29, 0.717) is 19.5 Å². The van der Waals surface area contributed by atoms with E-state index in [2.05, 4.69) is 9.71 Å². The number of aromatic nitrogens is 1. The summed E-state index contributed by atoms with van der Waals surface area (Å²) in [6, 6.07) is 6.58. The number of sulfonamides is 1. The van der Waals surface area contributed by atoms with Crippen LogP contribution in [0.3, 0.4) is 0 Å². The van der Waals surface area contributed by atoms with Crippen LogP contribution in [0.5, 0.6) is 0 Å². The Morgan fingerprint density at radius 2 is 2.00 bits per heavy atom. The van der Waals surface area contributed by atoms with Crippen molar-refractivity contribution in [2.24, 2.45) is 5.73 Å². The minimum atomic E-state index is -3.46. The van der Waals surface area contributed by atoms with Gasteiger partial charge in [-0.2, -0.15) is 0 Å². The van der Waals surface area contributed by atoms with Crippen LogP contribution in [0.25, 0.3) is 0 Å². The Kier molecular flexibility index (Phi) is 4.87. The average molecular weight is 311 g/mol. The summed E-state index contributed by atoms with van der Waals surface area (Å²) >= 11 is 1.56. The number of benzene rings is 1. The van der Waals surface area contributed by atoms with E-state index in [4.69, 9.17) is 5.73 Å². The van der Waals surface area contributed by atoms with Gasteiger partial charge in [-0.25, -0.2) is 18.1 Å². The van der Waals surface area contributed by atoms with E-state index in [1.807, 2.05) is 12.3 Å². The largest absolute Gasteiger partial charge is 0.326 e. The van der Waals surface area contributed by atoms with Gasteiger partial charge >= 0.3 is 0 Å². The van der Waals surface area contributed by atoms with E-state index in [0.717, 1.165) is 16.3 Å². The van der Waals surface area contributed by atoms with Crippen LogP contribution in [0.15, 0.2) is 34.5 Å². The first-order valence-corrected chi connectivity index (χ1v) is 8.57. The molecule has 0 amide bonds. The number of thiazole rings is 1. The number of aryl methyl sites for hydroxylation is 1. The van der Waals surface area contributed by atoms with Crippen molar-refractivity contribution >= 4 is 21.4 Å². The molecule has 0 spiro atoms. The quantitative estimate of drug-likeness (QED) is 0.845. The highest BCUT2D eigenvalue weighted by Crippen LogP contribution is 2.11. The summed E-state index contributed by atoms with van der Waals surface area (Å²) in [4.78, 5) is 4.55. The maximum atomic E-state index is 12.1. The van der Waals surface area contributed by atoms with Gasteiger partial charge in [0.1, 0.15) is 0 Å². The van der Waals surface area contributed by atoms with Crippen LogP contribution in [0.2, 0.25) is 0 Å². The standard InChI is InChI=1S/C13H17N3O2S2/c1-10-16-12(9-19-10)6-7-15-20(17,18)13-4-2-11(8-14)3-5-13/h2-5,9,15H,6-8,14H2,1H3. The van der Waals surface area contributed by atoms with Gasteiger partial charge in [0.15, 0.2) is 0 Å². The Hall–Kier alpha value is -1.28. The normalized spacial score (nSPS) is 11.7. The zero-order chi connectivity index (χ0) is 14.6. The van der Waals surface area contributed by atoms with E-state index in [-0.39, 0.29) is 4.90 Å². The molecule has 0 radical (unpaired) electrons. The second-order valence-electron chi connectivity index (χ2n) is 4.35. The first kappa shape index (κ1) is 15.1. The summed E-state index contributed by atoms with van der Waals surface area (Å²) in [7, 11) is -3.46. The van der Waals surface area contributed by atoms with Crippen molar-refractivity contribution in [3.63, 3.8) is 0 Å². The maximum absolute atomic E-state index is 12.1. The number of nitrogens with one attached hydrogen (secondary N) is 1. The Balaban J connectivity index is 1.96. The Morgan fingerprint density at radius 3 is 2.55 bits per heavy atom. The highest BCUT2D eigenvalue weighted by molar-refractivity contribution is 7.89. The lowest BCUT2D eigenvalue weighted by Gasteiger charge is -2.06. The van der Waals surface area contributed by atoms with Crippen LogP contribution in [-0.4, -0.2) is 19.9 Å². The van der Waals surface area contributed by atoms with Crippen molar-refractivity contribution in [2.45, 2.75) is 24.8 Å². The van der Waals surface area contributed by atoms with Gasteiger partial charge < -0.3 is 5.73 Å². The number of hydrogen-bond donors (Lipinski definition) is 2. The third kappa shape index (κ3) is 3.86. The third-order valence-corrected chi connectivity index (χ3v) is 5.11. The SMILES string of the molecule is Cc1nc(CCNS(=O)(=O)c2ccc(CN)cc2)cs1. The molecule has 0 atom stereocenters. The minimum absolute atomic E-state index is 0.254. The zero-order valence-corrected chi connectivity index (χ0v) is 12.8. The topological polar surface area (TPSA) is 85.1 Å². The van der Waals surface area contributed by atoms with Gasteiger partial charge in [-0.05, 0) is 24.6 Å². The molecule has 0 unspecified atom stereocenters. The van der Waals surface area contributed by atoms with Crippen LogP contribution in [-0.2, 0) is 23.0 Å². The molecule has 0 aliphatic heterocycles. The maximum Gasteiger partial charge on any atom is 0.240 e. The molecule has 0 bridgehead atoms. The van der Waals surface area contributed by atoms with Gasteiger partial charge in [0.05, 0.1) is 15.6 Å². The summed E-state index contributed by atoms with van der Waals surface area (Å²) in [6.45, 7) is 2.67. The number of nitrogens with zero attached hydrogens (tertiary/aromatic N) is 1. The number of hydrogen-bond acceptors (Lipinski definition) is 5. The lowest BCUT2D eigenvalue weighted by atomic mass is 10.2. The van der Waals surface area contributed by atoms with E-state index in [1.54, 1.807) is 35.6 Å². The van der Waals surface area contributed by atoms with Gasteiger partial charge in [-0.1, -0.05) is 12.1 Å². The van der Waals surface area contributed by atoms with Gasteiger partial charge in [-0.3, -0.25) is 0 Å². The van der Waals surface area contributed by atoms with Crippen molar-refractivity contribution in [2.75, 3.05) is 6.54 Å². The molecular formula is C13H17N3O2S2. The van der Waals surface area contributed by atoms with E-state index in [9.17, 15) is 8.42 Å². The molecule has 0 aliphatic rings. The summed E-state index contributed by atoms with van der Waals surface area (Å²) in [5.74, 6) is 0. The van der Waals surface area contributed by atoms with Gasteiger partial charge in [0.25, 0.3) is 0 Å². The van der Waals surface area contributed by atoms with Crippen LogP contribution in [0, 0.1) is 6.92 Å². The van der Waals surface area contributed by atoms with Crippen molar-refractivity contribution in [1.82, 2.24) is 9.71 Å². The smallest absolute Gasteiger partial charge is 0.240 e. The third-order valence-electron chi connectivity index (χ3n) is 2.81. The second kappa shape index (κ2) is 6.45. The zero-order valence-electron chi connectivity index (χ0n) is 11.2. The van der Waals surface area contributed by atoms with Crippen LogP contribution in [0.4, 0.5) is 0 Å². The molecule has 1 heterocycles. The molecule has 0 saturated carbocycles. The predicted molar refractivity (Wildman–Crippen MR) is 80.1 cm³/mol. The molecule has 2 rings (SSSR count). The monoisotopic (exact) mass is 311 g/mol. The van der Waals surface area contributed by atoms with E-state index >= 15 is 0 Å². The molecule has 3 N–H and O–H groups in total. The van der Waals surface area contributed by atoms with Crippen LogP contribution < -0.4 is 10.5 Å². The molecular weight excluding hydrogens is 294 g/mol. The summed E-state index contributed by atoms with van der Waals surface area (Å²) in [5, 5.41) is 2.93. The highest BCUT2D eigenvalue weighted by atomic mass is 32.2. The van der Waals surface area contributed by atoms with E-state index in [1.165, 1.54) is 0 Å². The molecule has 108 valence electrons. The number of nitrogens with two attached hydrogens (primary N) is 1. The Bertz CT molecular complexity index is 663. The summed E-state index contributed by atoms with van der Waals surface area (Å²) < 4.78 is 26.7. The summed E-state index contributed by atoms with van der Waals surface area (Å²) in [5.41, 5.74) is 7.30. The molecule has 0 saturated heterocycles. The van der Waals surface area contributed by atoms with Crippen molar-refractivity contribution in [3.05, 3.63) is 45.9 Å². The fraction of sp³-hybridized carbons (Fsp3) is 0.308. The molecule has 7 heteroatoms. The average Bonchev–Trinajstić information content (AvgIpc) is 2.84. The fourth-order valence-corrected chi connectivity index (χ4v) is 3.40. The first-order valence-electron chi connectivity index (χ1n) is 6.21. The molecule has 0 fully saturated rings. The van der Waals surface area contributed by atoms with Crippen LogP contribution in [0.1, 0.15) is 16.3 Å². The fourth-order valence-electron chi connectivity index (χ4n) is 1.72. The lowest BCUT2D eigenvalue weighted by molar-refractivity contribution is 0.581. The minimum Gasteiger partial charge on any atom is -0.326 e. The number of rotatable bonds is 6. The Morgan fingerprint density at radius 1 is 1.30 bits per heavy atom. The molecule has 1 aromatic carbocycles. The molecule has 0 aliphatic carbocycles. The predicted octanol–water partition coefficient (Wildman–Crippen LogP) is 1.43. The highest BCUT2D eigenvalue weighted by Gasteiger charge is 2.13. The lowest BCUT2D eigenvalue weighted by Crippen LogP contribution is -2.26. The summed E-state index contributed by atoms with van der Waals surface area (Å²) in [6.07, 6.45) is 0.588. The van der Waals surface area contributed by atoms with Crippen molar-refractivity contribution < 1.29 is 8.42 Å².